The van der Waals surface area contributed by atoms with Gasteiger partial charge in [0, 0.05) is 32.7 Å². The van der Waals surface area contributed by atoms with Crippen LogP contribution in [-0.4, -0.2) is 63.7 Å². The first-order valence-electron chi connectivity index (χ1n) is 10.2. The van der Waals surface area contributed by atoms with E-state index in [0.717, 1.165) is 12.8 Å². The van der Waals surface area contributed by atoms with Gasteiger partial charge >= 0.3 is 6.09 Å². The molecule has 1 unspecified atom stereocenters. The molecule has 2 N–H and O–H groups in total. The van der Waals surface area contributed by atoms with Gasteiger partial charge in [0.1, 0.15) is 18.0 Å². The normalized spacial score (nSPS) is 16.8. The molecule has 0 aromatic heterocycles. The third-order valence-corrected chi connectivity index (χ3v) is 6.81. The molecule has 170 valence electrons. The summed E-state index contributed by atoms with van der Waals surface area (Å²) in [5.74, 6) is 1.11. The van der Waals surface area contributed by atoms with E-state index < -0.39 is 21.7 Å². The summed E-state index contributed by atoms with van der Waals surface area (Å²) in [6, 6.07) is 6.38. The molecule has 1 atom stereocenters. The Morgan fingerprint density at radius 1 is 1.13 bits per heavy atom. The van der Waals surface area contributed by atoms with E-state index in [9.17, 15) is 13.2 Å². The van der Waals surface area contributed by atoms with Crippen molar-refractivity contribution in [1.29, 1.82) is 0 Å². The zero-order valence-electron chi connectivity index (χ0n) is 18.8. The number of amides is 1. The first kappa shape index (κ1) is 24.4. The van der Waals surface area contributed by atoms with Crippen molar-refractivity contribution in [2.24, 2.45) is 5.92 Å². The fraction of sp³-hybridized carbons (Fsp3) is 0.667. The largest absolute Gasteiger partial charge is 0.492 e. The van der Waals surface area contributed by atoms with Gasteiger partial charge in [0.15, 0.2) is 0 Å². The molecule has 0 bridgehead atoms. The number of hydrogen-bond donors (Lipinski definition) is 2. The van der Waals surface area contributed by atoms with Crippen LogP contribution in [0.2, 0.25) is 0 Å². The van der Waals surface area contributed by atoms with E-state index in [2.05, 4.69) is 17.6 Å². The molecule has 30 heavy (non-hydrogen) atoms. The van der Waals surface area contributed by atoms with Crippen LogP contribution in [0.25, 0.3) is 0 Å². The third kappa shape index (κ3) is 7.14. The second kappa shape index (κ2) is 9.53. The SMILES string of the molecule is CN(C)S(=O)(=O)c1ccc(OCCNC(C)(CNC(=O)OC(C)(C)C)C2CC2)cc1. The monoisotopic (exact) mass is 441 g/mol. The number of nitrogens with one attached hydrogen (secondary N) is 2. The predicted molar refractivity (Wildman–Crippen MR) is 116 cm³/mol. The Kier molecular flexibility index (Phi) is 7.76. The second-order valence-electron chi connectivity index (χ2n) is 9.08. The summed E-state index contributed by atoms with van der Waals surface area (Å²) in [5.41, 5.74) is -0.757. The molecule has 9 heteroatoms. The molecule has 8 nitrogen and oxygen atoms in total. The highest BCUT2D eigenvalue weighted by Gasteiger charge is 2.41. The van der Waals surface area contributed by atoms with Gasteiger partial charge in [-0.25, -0.2) is 17.5 Å². The maximum atomic E-state index is 12.1. The van der Waals surface area contributed by atoms with Crippen LogP contribution in [0, 0.1) is 5.92 Å². The highest BCUT2D eigenvalue weighted by molar-refractivity contribution is 7.89. The zero-order valence-corrected chi connectivity index (χ0v) is 19.6. The fourth-order valence-electron chi connectivity index (χ4n) is 3.07. The highest BCUT2D eigenvalue weighted by atomic mass is 32.2. The Labute approximate surface area is 180 Å². The summed E-state index contributed by atoms with van der Waals surface area (Å²) in [6.45, 7) is 9.11. The summed E-state index contributed by atoms with van der Waals surface area (Å²) in [6.07, 6.45) is 1.84. The number of hydrogen-bond acceptors (Lipinski definition) is 6. The molecule has 0 spiro atoms. The second-order valence-corrected chi connectivity index (χ2v) is 11.2. The van der Waals surface area contributed by atoms with E-state index in [1.165, 1.54) is 30.5 Å². The molecule has 1 aliphatic carbocycles. The van der Waals surface area contributed by atoms with E-state index >= 15 is 0 Å². The van der Waals surface area contributed by atoms with E-state index in [1.54, 1.807) is 12.1 Å². The molecule has 0 saturated heterocycles. The Balaban J connectivity index is 1.81. The lowest BCUT2D eigenvalue weighted by Crippen LogP contribution is -2.54. The minimum absolute atomic E-state index is 0.229. The van der Waals surface area contributed by atoms with Crippen LogP contribution in [0.4, 0.5) is 4.79 Å². The number of alkyl carbamates (subject to hydrolysis) is 1. The van der Waals surface area contributed by atoms with Crippen molar-refractivity contribution in [3.05, 3.63) is 24.3 Å². The smallest absolute Gasteiger partial charge is 0.407 e. The standard InChI is InChI=1S/C21H35N3O5S/c1-20(2,3)29-19(25)22-15-21(4,16-7-8-16)23-13-14-28-17-9-11-18(12-10-17)30(26,27)24(5)6/h9-12,16,23H,7-8,13-15H2,1-6H3,(H,22,25). The maximum absolute atomic E-state index is 12.1. The van der Waals surface area contributed by atoms with Crippen LogP contribution in [0.1, 0.15) is 40.5 Å². The average Bonchev–Trinajstić information content (AvgIpc) is 3.48. The van der Waals surface area contributed by atoms with Gasteiger partial charge in [0.25, 0.3) is 0 Å². The molecular weight excluding hydrogens is 406 g/mol. The summed E-state index contributed by atoms with van der Waals surface area (Å²) < 4.78 is 36.4. The van der Waals surface area contributed by atoms with E-state index in [0.29, 0.717) is 31.4 Å². The molecule has 1 amide bonds. The van der Waals surface area contributed by atoms with E-state index in [-0.39, 0.29) is 10.4 Å². The number of benzene rings is 1. The molecular formula is C21H35N3O5S. The molecule has 1 aromatic rings. The van der Waals surface area contributed by atoms with Crippen LogP contribution >= 0.6 is 0 Å². The average molecular weight is 442 g/mol. The van der Waals surface area contributed by atoms with Gasteiger partial charge in [-0.3, -0.25) is 0 Å². The van der Waals surface area contributed by atoms with Crippen molar-refractivity contribution in [1.82, 2.24) is 14.9 Å². The van der Waals surface area contributed by atoms with Crippen molar-refractivity contribution in [3.8, 4) is 5.75 Å². The van der Waals surface area contributed by atoms with Gasteiger partial charge in [-0.15, -0.1) is 0 Å². The van der Waals surface area contributed by atoms with Crippen molar-refractivity contribution >= 4 is 16.1 Å². The lowest BCUT2D eigenvalue weighted by molar-refractivity contribution is 0.0507. The van der Waals surface area contributed by atoms with Gasteiger partial charge in [-0.05, 0) is 70.7 Å². The molecule has 0 radical (unpaired) electrons. The fourth-order valence-corrected chi connectivity index (χ4v) is 3.97. The number of carbonyl (C=O) groups excluding carboxylic acids is 1. The van der Waals surface area contributed by atoms with Crippen LogP contribution in [-0.2, 0) is 14.8 Å². The van der Waals surface area contributed by atoms with Crippen molar-refractivity contribution in [2.75, 3.05) is 33.8 Å². The number of ether oxygens (including phenoxy) is 2. The quantitative estimate of drug-likeness (QED) is 0.542. The van der Waals surface area contributed by atoms with Crippen molar-refractivity contribution < 1.29 is 22.7 Å². The molecule has 0 heterocycles. The minimum Gasteiger partial charge on any atom is -0.492 e. The van der Waals surface area contributed by atoms with E-state index in [1.807, 2.05) is 20.8 Å². The summed E-state index contributed by atoms with van der Waals surface area (Å²) in [7, 11) is -0.445. The lowest BCUT2D eigenvalue weighted by atomic mass is 9.95. The van der Waals surface area contributed by atoms with E-state index in [4.69, 9.17) is 9.47 Å². The summed E-state index contributed by atoms with van der Waals surface area (Å²) >= 11 is 0. The van der Waals surface area contributed by atoms with Crippen LogP contribution in [0.5, 0.6) is 5.75 Å². The van der Waals surface area contributed by atoms with Crippen molar-refractivity contribution in [2.45, 2.75) is 56.6 Å². The third-order valence-electron chi connectivity index (χ3n) is 4.98. The van der Waals surface area contributed by atoms with Gasteiger partial charge in [-0.2, -0.15) is 0 Å². The Bertz CT molecular complexity index is 814. The summed E-state index contributed by atoms with van der Waals surface area (Å²) in [4.78, 5) is 12.2. The first-order valence-corrected chi connectivity index (χ1v) is 11.6. The van der Waals surface area contributed by atoms with Crippen LogP contribution < -0.4 is 15.4 Å². The number of nitrogens with zero attached hydrogens (tertiary/aromatic N) is 1. The number of rotatable bonds is 10. The first-order chi connectivity index (χ1) is 13.8. The molecule has 0 aliphatic heterocycles. The van der Waals surface area contributed by atoms with Crippen LogP contribution in [0.3, 0.4) is 0 Å². The lowest BCUT2D eigenvalue weighted by Gasteiger charge is -2.32. The number of carbonyl (C=O) groups is 1. The Morgan fingerprint density at radius 2 is 1.73 bits per heavy atom. The minimum atomic E-state index is -3.45. The molecule has 1 aromatic carbocycles. The molecule has 1 fully saturated rings. The van der Waals surface area contributed by atoms with Gasteiger partial charge in [0.05, 0.1) is 4.90 Å². The summed E-state index contributed by atoms with van der Waals surface area (Å²) in [5, 5.41) is 6.36. The molecule has 2 rings (SSSR count). The Morgan fingerprint density at radius 3 is 2.23 bits per heavy atom. The topological polar surface area (TPSA) is 97.0 Å². The van der Waals surface area contributed by atoms with Gasteiger partial charge < -0.3 is 20.1 Å². The molecule has 1 saturated carbocycles. The maximum Gasteiger partial charge on any atom is 0.407 e. The molecule has 1 aliphatic rings. The number of sulfonamides is 1. The van der Waals surface area contributed by atoms with Gasteiger partial charge in [-0.1, -0.05) is 0 Å². The van der Waals surface area contributed by atoms with Crippen molar-refractivity contribution in [3.63, 3.8) is 0 Å². The predicted octanol–water partition coefficient (Wildman–Crippen LogP) is 2.60. The highest BCUT2D eigenvalue weighted by Crippen LogP contribution is 2.39. The van der Waals surface area contributed by atoms with Gasteiger partial charge in [0.2, 0.25) is 10.0 Å². The zero-order chi connectivity index (χ0) is 22.6. The Hall–Kier alpha value is -1.84. The van der Waals surface area contributed by atoms with Crippen LogP contribution in [0.15, 0.2) is 29.2 Å².